The smallest absolute Gasteiger partial charge is 0.240 e. The van der Waals surface area contributed by atoms with E-state index in [-0.39, 0.29) is 29.3 Å². The van der Waals surface area contributed by atoms with Gasteiger partial charge in [-0.1, -0.05) is 19.1 Å². The Labute approximate surface area is 126 Å². The van der Waals surface area contributed by atoms with Gasteiger partial charge in [-0.2, -0.15) is 0 Å². The van der Waals surface area contributed by atoms with Crippen LogP contribution in [0.4, 0.5) is 0 Å². The van der Waals surface area contributed by atoms with Crippen LogP contribution in [0, 0.1) is 0 Å². The largest absolute Gasteiger partial charge is 0.339 e. The van der Waals surface area contributed by atoms with Crippen LogP contribution >= 0.6 is 0 Å². The van der Waals surface area contributed by atoms with Gasteiger partial charge in [0.25, 0.3) is 0 Å². The van der Waals surface area contributed by atoms with Crippen molar-refractivity contribution >= 4 is 15.9 Å². The monoisotopic (exact) mass is 310 g/mol. The average Bonchev–Trinajstić information content (AvgIpc) is 2.79. The van der Waals surface area contributed by atoms with E-state index < -0.39 is 10.0 Å². The minimum Gasteiger partial charge on any atom is -0.339 e. The van der Waals surface area contributed by atoms with Gasteiger partial charge in [-0.25, -0.2) is 13.1 Å². The lowest BCUT2D eigenvalue weighted by molar-refractivity contribution is -0.129. The highest BCUT2D eigenvalue weighted by Crippen LogP contribution is 2.17. The van der Waals surface area contributed by atoms with Crippen molar-refractivity contribution in [3.8, 4) is 0 Å². The van der Waals surface area contributed by atoms with E-state index in [0.717, 1.165) is 12.0 Å². The molecule has 0 radical (unpaired) electrons. The molecule has 5 nitrogen and oxygen atoms in total. The van der Waals surface area contributed by atoms with Gasteiger partial charge in [0.2, 0.25) is 15.9 Å². The molecule has 0 spiro atoms. The number of aryl methyl sites for hydroxylation is 1. The minimum atomic E-state index is -3.57. The molecule has 0 saturated carbocycles. The molecule has 21 heavy (non-hydrogen) atoms. The summed E-state index contributed by atoms with van der Waals surface area (Å²) in [7, 11) is -3.57. The summed E-state index contributed by atoms with van der Waals surface area (Å²) < 4.78 is 27.3. The van der Waals surface area contributed by atoms with Gasteiger partial charge in [-0.05, 0) is 38.0 Å². The summed E-state index contributed by atoms with van der Waals surface area (Å²) in [6, 6.07) is 6.59. The molecule has 0 aliphatic carbocycles. The summed E-state index contributed by atoms with van der Waals surface area (Å²) in [5.74, 6) is -0.000897. The summed E-state index contributed by atoms with van der Waals surface area (Å²) in [6.45, 7) is 6.31. The number of rotatable bonds is 5. The maximum atomic E-state index is 12.3. The van der Waals surface area contributed by atoms with Crippen molar-refractivity contribution in [3.63, 3.8) is 0 Å². The lowest BCUT2D eigenvalue weighted by Crippen LogP contribution is -2.38. The van der Waals surface area contributed by atoms with Crippen molar-refractivity contribution in [1.82, 2.24) is 9.62 Å². The highest BCUT2D eigenvalue weighted by atomic mass is 32.2. The molecule has 1 fully saturated rings. The molecule has 1 aromatic rings. The lowest BCUT2D eigenvalue weighted by atomic mass is 10.2. The number of nitrogens with one attached hydrogen (secondary N) is 1. The Morgan fingerprint density at radius 2 is 1.90 bits per heavy atom. The molecular formula is C15H22N2O3S. The normalized spacial score (nSPS) is 19.5. The van der Waals surface area contributed by atoms with Crippen molar-refractivity contribution in [2.24, 2.45) is 0 Å². The quantitative estimate of drug-likeness (QED) is 0.897. The van der Waals surface area contributed by atoms with Crippen LogP contribution in [0.15, 0.2) is 29.2 Å². The third kappa shape index (κ3) is 3.63. The first-order chi connectivity index (χ1) is 9.83. The maximum absolute atomic E-state index is 12.3. The fourth-order valence-electron chi connectivity index (χ4n) is 2.50. The van der Waals surface area contributed by atoms with E-state index >= 15 is 0 Å². The standard InChI is InChI=1S/C15H22N2O3S/c1-4-12-5-7-14(8-6-12)21(19,20)16-13-9-15(18)17(10-13)11(2)3/h5-8,11,13,16H,4,9-10H2,1-3H3. The summed E-state index contributed by atoms with van der Waals surface area (Å²) in [5.41, 5.74) is 1.09. The molecule has 6 heteroatoms. The fraction of sp³-hybridized carbons (Fsp3) is 0.533. The molecule has 1 atom stereocenters. The van der Waals surface area contributed by atoms with Gasteiger partial charge in [-0.15, -0.1) is 0 Å². The van der Waals surface area contributed by atoms with Crippen LogP contribution in [0.1, 0.15) is 32.8 Å². The fourth-order valence-corrected chi connectivity index (χ4v) is 3.73. The molecule has 1 aliphatic rings. The van der Waals surface area contributed by atoms with Gasteiger partial charge in [-0.3, -0.25) is 4.79 Å². The Balaban J connectivity index is 2.09. The Morgan fingerprint density at radius 3 is 2.38 bits per heavy atom. The molecule has 1 saturated heterocycles. The van der Waals surface area contributed by atoms with E-state index in [2.05, 4.69) is 4.72 Å². The number of carbonyl (C=O) groups excluding carboxylic acids is 1. The number of benzene rings is 1. The first kappa shape index (κ1) is 16.0. The predicted octanol–water partition coefficient (Wildman–Crippen LogP) is 1.54. The van der Waals surface area contributed by atoms with Crippen molar-refractivity contribution in [2.75, 3.05) is 6.54 Å². The zero-order chi connectivity index (χ0) is 15.6. The summed E-state index contributed by atoms with van der Waals surface area (Å²) in [5, 5.41) is 0. The molecule has 1 aliphatic heterocycles. The predicted molar refractivity (Wildman–Crippen MR) is 81.4 cm³/mol. The molecule has 0 bridgehead atoms. The van der Waals surface area contributed by atoms with Crippen molar-refractivity contribution in [3.05, 3.63) is 29.8 Å². The van der Waals surface area contributed by atoms with Crippen LogP contribution in [0.2, 0.25) is 0 Å². The number of likely N-dealkylation sites (tertiary alicyclic amines) is 1. The second-order valence-corrected chi connectivity index (χ2v) is 7.37. The zero-order valence-electron chi connectivity index (χ0n) is 12.7. The van der Waals surface area contributed by atoms with Crippen LogP contribution in [0.25, 0.3) is 0 Å². The highest BCUT2D eigenvalue weighted by Gasteiger charge is 2.33. The molecule has 1 N–H and O–H groups in total. The van der Waals surface area contributed by atoms with Gasteiger partial charge in [0, 0.05) is 25.0 Å². The summed E-state index contributed by atoms with van der Waals surface area (Å²) >= 11 is 0. The van der Waals surface area contributed by atoms with Gasteiger partial charge >= 0.3 is 0 Å². The number of hydrogen-bond donors (Lipinski definition) is 1. The first-order valence-electron chi connectivity index (χ1n) is 7.24. The van der Waals surface area contributed by atoms with Crippen LogP contribution in [0.5, 0.6) is 0 Å². The van der Waals surface area contributed by atoms with E-state index in [4.69, 9.17) is 0 Å². The van der Waals surface area contributed by atoms with Crippen molar-refractivity contribution < 1.29 is 13.2 Å². The van der Waals surface area contributed by atoms with Gasteiger partial charge in [0.1, 0.15) is 0 Å². The second-order valence-electron chi connectivity index (χ2n) is 5.66. The zero-order valence-corrected chi connectivity index (χ0v) is 13.5. The number of carbonyl (C=O) groups is 1. The van der Waals surface area contributed by atoms with Crippen LogP contribution in [-0.4, -0.2) is 37.9 Å². The number of amides is 1. The Hall–Kier alpha value is -1.40. The molecular weight excluding hydrogens is 288 g/mol. The molecule has 0 aromatic heterocycles. The number of sulfonamides is 1. The minimum absolute atomic E-state index is 0.000897. The van der Waals surface area contributed by atoms with Crippen LogP contribution in [-0.2, 0) is 21.2 Å². The molecule has 2 rings (SSSR count). The summed E-state index contributed by atoms with van der Waals surface area (Å²) in [4.78, 5) is 13.8. The molecule has 1 unspecified atom stereocenters. The molecule has 116 valence electrons. The van der Waals surface area contributed by atoms with Gasteiger partial charge in [0.15, 0.2) is 0 Å². The maximum Gasteiger partial charge on any atom is 0.240 e. The van der Waals surface area contributed by atoms with E-state index in [1.54, 1.807) is 17.0 Å². The average molecular weight is 310 g/mol. The lowest BCUT2D eigenvalue weighted by Gasteiger charge is -2.21. The Kier molecular flexibility index (Phi) is 4.68. The van der Waals surface area contributed by atoms with E-state index in [0.29, 0.717) is 6.54 Å². The van der Waals surface area contributed by atoms with Crippen LogP contribution < -0.4 is 4.72 Å². The number of hydrogen-bond acceptors (Lipinski definition) is 3. The number of nitrogens with zero attached hydrogens (tertiary/aromatic N) is 1. The summed E-state index contributed by atoms with van der Waals surface area (Å²) in [6.07, 6.45) is 1.10. The highest BCUT2D eigenvalue weighted by molar-refractivity contribution is 7.89. The van der Waals surface area contributed by atoms with Crippen molar-refractivity contribution in [1.29, 1.82) is 0 Å². The molecule has 1 heterocycles. The second kappa shape index (κ2) is 6.15. The van der Waals surface area contributed by atoms with Gasteiger partial charge < -0.3 is 4.90 Å². The van der Waals surface area contributed by atoms with E-state index in [9.17, 15) is 13.2 Å². The Bertz CT molecular complexity index is 608. The Morgan fingerprint density at radius 1 is 1.29 bits per heavy atom. The SMILES string of the molecule is CCc1ccc(S(=O)(=O)NC2CC(=O)N(C(C)C)C2)cc1. The first-order valence-corrected chi connectivity index (χ1v) is 8.72. The van der Waals surface area contributed by atoms with Crippen molar-refractivity contribution in [2.45, 2.75) is 50.6 Å². The molecule has 1 amide bonds. The third-order valence-electron chi connectivity index (χ3n) is 3.75. The van der Waals surface area contributed by atoms with Crippen LogP contribution in [0.3, 0.4) is 0 Å². The van der Waals surface area contributed by atoms with E-state index in [1.807, 2.05) is 32.9 Å². The van der Waals surface area contributed by atoms with E-state index in [1.165, 1.54) is 0 Å². The third-order valence-corrected chi connectivity index (χ3v) is 5.28. The molecule has 1 aromatic carbocycles. The van der Waals surface area contributed by atoms with Gasteiger partial charge in [0.05, 0.1) is 4.90 Å². The topological polar surface area (TPSA) is 66.5 Å².